The molecule has 1 aromatic rings. The van der Waals surface area contributed by atoms with Gasteiger partial charge in [0.15, 0.2) is 6.61 Å². The highest BCUT2D eigenvalue weighted by Gasteiger charge is 2.46. The Kier molecular flexibility index (Phi) is 5.43. The maximum Gasteiger partial charge on any atom is 0.344 e. The molecule has 0 aromatic heterocycles. The highest BCUT2D eigenvalue weighted by molar-refractivity contribution is 6.24. The zero-order valence-electron chi connectivity index (χ0n) is 15.5. The van der Waals surface area contributed by atoms with Crippen LogP contribution in [0.2, 0.25) is 0 Å². The SMILES string of the molecule is CC(C)COC(=O)COc1cccc2c1C(=O)N(C1CCC(=O)NC1=O)C2=O. The van der Waals surface area contributed by atoms with Gasteiger partial charge in [0.2, 0.25) is 11.8 Å². The van der Waals surface area contributed by atoms with E-state index in [4.69, 9.17) is 9.47 Å². The molecule has 1 saturated heterocycles. The third kappa shape index (κ3) is 3.73. The lowest BCUT2D eigenvalue weighted by Crippen LogP contribution is -2.54. The van der Waals surface area contributed by atoms with Gasteiger partial charge in [-0.1, -0.05) is 19.9 Å². The number of rotatable bonds is 6. The number of amides is 4. The van der Waals surface area contributed by atoms with E-state index in [1.54, 1.807) is 0 Å². The first-order valence-electron chi connectivity index (χ1n) is 8.92. The van der Waals surface area contributed by atoms with E-state index >= 15 is 0 Å². The molecule has 0 aliphatic carbocycles. The molecule has 9 nitrogen and oxygen atoms in total. The number of nitrogens with zero attached hydrogens (tertiary/aromatic N) is 1. The van der Waals surface area contributed by atoms with Gasteiger partial charge in [0.25, 0.3) is 11.8 Å². The Hall–Kier alpha value is -3.23. The first kappa shape index (κ1) is 19.5. The number of carbonyl (C=O) groups is 5. The number of carbonyl (C=O) groups excluding carboxylic acids is 5. The van der Waals surface area contributed by atoms with E-state index in [0.29, 0.717) is 0 Å². The van der Waals surface area contributed by atoms with Crippen LogP contribution in [0.4, 0.5) is 0 Å². The molecule has 0 bridgehead atoms. The number of ether oxygens (including phenoxy) is 2. The fourth-order valence-electron chi connectivity index (χ4n) is 3.04. The molecule has 28 heavy (non-hydrogen) atoms. The third-order valence-corrected chi connectivity index (χ3v) is 4.35. The average molecular weight is 388 g/mol. The lowest BCUT2D eigenvalue weighted by Gasteiger charge is -2.27. The van der Waals surface area contributed by atoms with Gasteiger partial charge in [-0.25, -0.2) is 4.79 Å². The molecule has 1 unspecified atom stereocenters. The van der Waals surface area contributed by atoms with Gasteiger partial charge in [-0.05, 0) is 24.5 Å². The molecule has 1 N–H and O–H groups in total. The number of piperidine rings is 1. The topological polar surface area (TPSA) is 119 Å². The molecular weight excluding hydrogens is 368 g/mol. The van der Waals surface area contributed by atoms with Crippen molar-refractivity contribution in [2.24, 2.45) is 5.92 Å². The number of imide groups is 2. The van der Waals surface area contributed by atoms with Crippen molar-refractivity contribution in [2.45, 2.75) is 32.7 Å². The highest BCUT2D eigenvalue weighted by Crippen LogP contribution is 2.33. The molecule has 9 heteroatoms. The molecule has 0 spiro atoms. The summed E-state index contributed by atoms with van der Waals surface area (Å²) in [4.78, 5) is 61.6. The van der Waals surface area contributed by atoms with Crippen LogP contribution in [0, 0.1) is 5.92 Å². The van der Waals surface area contributed by atoms with Crippen molar-refractivity contribution in [1.82, 2.24) is 10.2 Å². The maximum absolute atomic E-state index is 12.9. The van der Waals surface area contributed by atoms with Crippen LogP contribution in [0.1, 0.15) is 47.4 Å². The van der Waals surface area contributed by atoms with Crippen molar-refractivity contribution in [3.63, 3.8) is 0 Å². The standard InChI is InChI=1S/C19H20N2O7/c1-10(2)8-28-15(23)9-27-13-5-3-4-11-16(13)19(26)21(18(11)25)12-6-7-14(22)20-17(12)24/h3-5,10,12H,6-9H2,1-2H3,(H,20,22,24). The van der Waals surface area contributed by atoms with Crippen LogP contribution < -0.4 is 10.1 Å². The molecular formula is C19H20N2O7. The number of fused-ring (bicyclic) bond motifs is 1. The first-order chi connectivity index (χ1) is 13.3. The minimum absolute atomic E-state index is 0.00569. The predicted octanol–water partition coefficient (Wildman–Crippen LogP) is 0.666. The maximum atomic E-state index is 12.9. The second kappa shape index (κ2) is 7.79. The quantitative estimate of drug-likeness (QED) is 0.562. The van der Waals surface area contributed by atoms with E-state index in [2.05, 4.69) is 5.32 Å². The largest absolute Gasteiger partial charge is 0.481 e. The average Bonchev–Trinajstić information content (AvgIpc) is 2.90. The van der Waals surface area contributed by atoms with Crippen LogP contribution in [0.25, 0.3) is 0 Å². The van der Waals surface area contributed by atoms with E-state index < -0.39 is 42.2 Å². The molecule has 3 rings (SSSR count). The van der Waals surface area contributed by atoms with Crippen LogP contribution >= 0.6 is 0 Å². The Bertz CT molecular complexity index is 862. The lowest BCUT2D eigenvalue weighted by molar-refractivity contribution is -0.147. The normalized spacial score (nSPS) is 19.0. The molecule has 4 amide bonds. The van der Waals surface area contributed by atoms with Gasteiger partial charge in [0.1, 0.15) is 11.8 Å². The Morgan fingerprint density at radius 1 is 1.21 bits per heavy atom. The smallest absolute Gasteiger partial charge is 0.344 e. The summed E-state index contributed by atoms with van der Waals surface area (Å²) >= 11 is 0. The van der Waals surface area contributed by atoms with Gasteiger partial charge in [0, 0.05) is 6.42 Å². The molecule has 2 heterocycles. The second-order valence-corrected chi connectivity index (χ2v) is 6.99. The molecule has 2 aliphatic rings. The number of esters is 1. The summed E-state index contributed by atoms with van der Waals surface area (Å²) in [7, 11) is 0. The summed E-state index contributed by atoms with van der Waals surface area (Å²) in [6.07, 6.45) is 0.0999. The van der Waals surface area contributed by atoms with E-state index in [0.717, 1.165) is 4.90 Å². The van der Waals surface area contributed by atoms with Crippen LogP contribution in [0.15, 0.2) is 18.2 Å². The second-order valence-electron chi connectivity index (χ2n) is 6.99. The van der Waals surface area contributed by atoms with Gasteiger partial charge < -0.3 is 9.47 Å². The predicted molar refractivity (Wildman–Crippen MR) is 94.4 cm³/mol. The summed E-state index contributed by atoms with van der Waals surface area (Å²) in [5.74, 6) is -2.82. The van der Waals surface area contributed by atoms with Crippen LogP contribution in [-0.2, 0) is 19.1 Å². The van der Waals surface area contributed by atoms with Crippen molar-refractivity contribution < 1.29 is 33.4 Å². The Morgan fingerprint density at radius 3 is 2.64 bits per heavy atom. The van der Waals surface area contributed by atoms with E-state index in [9.17, 15) is 24.0 Å². The van der Waals surface area contributed by atoms with Gasteiger partial charge in [-0.15, -0.1) is 0 Å². The summed E-state index contributed by atoms with van der Waals surface area (Å²) in [6.45, 7) is 3.62. The highest BCUT2D eigenvalue weighted by atomic mass is 16.6. The Morgan fingerprint density at radius 2 is 1.96 bits per heavy atom. The fourth-order valence-corrected chi connectivity index (χ4v) is 3.04. The first-order valence-corrected chi connectivity index (χ1v) is 8.92. The summed E-state index contributed by atoms with van der Waals surface area (Å²) < 4.78 is 10.4. The van der Waals surface area contributed by atoms with Crippen LogP contribution in [-0.4, -0.2) is 53.8 Å². The van der Waals surface area contributed by atoms with Crippen molar-refractivity contribution in [3.8, 4) is 5.75 Å². The fraction of sp³-hybridized carbons (Fsp3) is 0.421. The van der Waals surface area contributed by atoms with Gasteiger partial charge in [-0.3, -0.25) is 29.4 Å². The van der Waals surface area contributed by atoms with Crippen molar-refractivity contribution >= 4 is 29.6 Å². The van der Waals surface area contributed by atoms with Crippen molar-refractivity contribution in [2.75, 3.05) is 13.2 Å². The van der Waals surface area contributed by atoms with Crippen molar-refractivity contribution in [3.05, 3.63) is 29.3 Å². The zero-order chi connectivity index (χ0) is 20.4. The number of hydrogen-bond donors (Lipinski definition) is 1. The molecule has 0 radical (unpaired) electrons. The Balaban J connectivity index is 1.77. The van der Waals surface area contributed by atoms with Crippen molar-refractivity contribution in [1.29, 1.82) is 0 Å². The molecule has 0 saturated carbocycles. The van der Waals surface area contributed by atoms with E-state index in [-0.39, 0.29) is 42.2 Å². The summed E-state index contributed by atoms with van der Waals surface area (Å²) in [6, 6.07) is 3.38. The summed E-state index contributed by atoms with van der Waals surface area (Å²) in [5.41, 5.74) is 0.0802. The minimum atomic E-state index is -1.06. The van der Waals surface area contributed by atoms with Gasteiger partial charge in [0.05, 0.1) is 17.7 Å². The molecule has 1 aromatic carbocycles. The zero-order valence-corrected chi connectivity index (χ0v) is 15.5. The lowest BCUT2D eigenvalue weighted by atomic mass is 10.0. The molecule has 1 atom stereocenters. The Labute approximate surface area is 161 Å². The number of hydrogen-bond acceptors (Lipinski definition) is 7. The van der Waals surface area contributed by atoms with Gasteiger partial charge in [-0.2, -0.15) is 0 Å². The van der Waals surface area contributed by atoms with Gasteiger partial charge >= 0.3 is 5.97 Å². The van der Waals surface area contributed by atoms with E-state index in [1.807, 2.05) is 13.8 Å². The third-order valence-electron chi connectivity index (χ3n) is 4.35. The van der Waals surface area contributed by atoms with Crippen LogP contribution in [0.5, 0.6) is 5.75 Å². The van der Waals surface area contributed by atoms with Crippen LogP contribution in [0.3, 0.4) is 0 Å². The number of benzene rings is 1. The molecule has 148 valence electrons. The monoisotopic (exact) mass is 388 g/mol. The van der Waals surface area contributed by atoms with E-state index in [1.165, 1.54) is 18.2 Å². The molecule has 1 fully saturated rings. The summed E-state index contributed by atoms with van der Waals surface area (Å²) in [5, 5.41) is 2.14. The number of nitrogens with one attached hydrogen (secondary N) is 1. The minimum Gasteiger partial charge on any atom is -0.481 e. The molecule has 2 aliphatic heterocycles.